The molecule has 1 nitrogen and oxygen atoms in total. The topological polar surface area (TPSA) is 20.2 Å². The number of phenols is 1. The third-order valence-corrected chi connectivity index (χ3v) is 1.16. The van der Waals surface area contributed by atoms with E-state index >= 15 is 0 Å². The van der Waals surface area contributed by atoms with E-state index in [4.69, 9.17) is 5.11 Å². The number of hydrogen-bond acceptors (Lipinski definition) is 1. The van der Waals surface area contributed by atoms with E-state index in [2.05, 4.69) is 6.58 Å². The third kappa shape index (κ3) is 1.88. The first-order valence-electron chi connectivity index (χ1n) is 2.75. The molecular formula is C8H9BrO. The largest absolute Gasteiger partial charge is 0.507 e. The molecular weight excluding hydrogens is 192 g/mol. The van der Waals surface area contributed by atoms with Crippen LogP contribution in [0.4, 0.5) is 0 Å². The van der Waals surface area contributed by atoms with Crippen LogP contribution in [0.3, 0.4) is 0 Å². The minimum atomic E-state index is 0. The van der Waals surface area contributed by atoms with Gasteiger partial charge in [0.2, 0.25) is 0 Å². The minimum absolute atomic E-state index is 0. The van der Waals surface area contributed by atoms with Gasteiger partial charge in [-0.25, -0.2) is 0 Å². The lowest BCUT2D eigenvalue weighted by atomic mass is 10.2. The number of benzene rings is 1. The molecule has 10 heavy (non-hydrogen) atoms. The number of halogens is 1. The summed E-state index contributed by atoms with van der Waals surface area (Å²) in [6.45, 7) is 3.53. The second kappa shape index (κ2) is 4.12. The Kier molecular flexibility index (Phi) is 3.81. The van der Waals surface area contributed by atoms with Crippen molar-refractivity contribution in [1.29, 1.82) is 0 Å². The highest BCUT2D eigenvalue weighted by Gasteiger charge is 1.89. The molecule has 0 aromatic heterocycles. The SMILES string of the molecule is Br.C=Cc1ccccc1O. The highest BCUT2D eigenvalue weighted by molar-refractivity contribution is 8.93. The Labute approximate surface area is 70.8 Å². The van der Waals surface area contributed by atoms with E-state index in [1.165, 1.54) is 0 Å². The molecule has 1 N–H and O–H groups in total. The fraction of sp³-hybridized carbons (Fsp3) is 0. The molecule has 0 aliphatic carbocycles. The van der Waals surface area contributed by atoms with Crippen LogP contribution in [0, 0.1) is 0 Å². The summed E-state index contributed by atoms with van der Waals surface area (Å²) in [6, 6.07) is 7.08. The van der Waals surface area contributed by atoms with Crippen molar-refractivity contribution in [2.24, 2.45) is 0 Å². The Morgan fingerprint density at radius 3 is 2.30 bits per heavy atom. The Bertz CT molecular complexity index is 220. The number of phenolic OH excluding ortho intramolecular Hbond substituents is 1. The summed E-state index contributed by atoms with van der Waals surface area (Å²) in [4.78, 5) is 0. The van der Waals surface area contributed by atoms with E-state index < -0.39 is 0 Å². The fourth-order valence-corrected chi connectivity index (χ4v) is 0.660. The summed E-state index contributed by atoms with van der Waals surface area (Å²) in [5, 5.41) is 9.04. The number of hydrogen-bond donors (Lipinski definition) is 1. The van der Waals surface area contributed by atoms with Crippen molar-refractivity contribution in [3.05, 3.63) is 36.4 Å². The van der Waals surface area contributed by atoms with Gasteiger partial charge in [-0.3, -0.25) is 0 Å². The lowest BCUT2D eigenvalue weighted by Gasteiger charge is -1.93. The Balaban J connectivity index is 0.000000810. The molecule has 1 rings (SSSR count). The van der Waals surface area contributed by atoms with E-state index in [1.807, 2.05) is 12.1 Å². The molecule has 0 fully saturated rings. The number of aromatic hydroxyl groups is 1. The summed E-state index contributed by atoms with van der Waals surface area (Å²) in [7, 11) is 0. The van der Waals surface area contributed by atoms with Gasteiger partial charge in [0.05, 0.1) is 0 Å². The molecule has 0 radical (unpaired) electrons. The van der Waals surface area contributed by atoms with Crippen LogP contribution < -0.4 is 0 Å². The zero-order valence-corrected chi connectivity index (χ0v) is 7.16. The van der Waals surface area contributed by atoms with E-state index in [0.717, 1.165) is 5.56 Å². The van der Waals surface area contributed by atoms with Crippen molar-refractivity contribution in [2.75, 3.05) is 0 Å². The average molecular weight is 201 g/mol. The van der Waals surface area contributed by atoms with Crippen LogP contribution in [0.5, 0.6) is 5.75 Å². The van der Waals surface area contributed by atoms with Gasteiger partial charge in [0.1, 0.15) is 5.75 Å². The Hall–Kier alpha value is -0.760. The lowest BCUT2D eigenvalue weighted by Crippen LogP contribution is -1.69. The van der Waals surface area contributed by atoms with E-state index in [9.17, 15) is 0 Å². The van der Waals surface area contributed by atoms with Crippen LogP contribution in [0.25, 0.3) is 6.08 Å². The highest BCUT2D eigenvalue weighted by atomic mass is 79.9. The lowest BCUT2D eigenvalue weighted by molar-refractivity contribution is 0.474. The Morgan fingerprint density at radius 2 is 1.90 bits per heavy atom. The molecule has 0 saturated heterocycles. The number of para-hydroxylation sites is 1. The van der Waals surface area contributed by atoms with Crippen molar-refractivity contribution < 1.29 is 5.11 Å². The smallest absolute Gasteiger partial charge is 0.122 e. The molecule has 0 aliphatic heterocycles. The second-order valence-electron chi connectivity index (χ2n) is 1.76. The van der Waals surface area contributed by atoms with Crippen LogP contribution >= 0.6 is 17.0 Å². The van der Waals surface area contributed by atoms with E-state index in [-0.39, 0.29) is 22.7 Å². The minimum Gasteiger partial charge on any atom is -0.507 e. The molecule has 1 aromatic carbocycles. The van der Waals surface area contributed by atoms with Gasteiger partial charge in [0, 0.05) is 5.56 Å². The first-order chi connectivity index (χ1) is 4.34. The van der Waals surface area contributed by atoms with Crippen LogP contribution in [-0.4, -0.2) is 5.11 Å². The normalized spacial score (nSPS) is 8.00. The van der Waals surface area contributed by atoms with Gasteiger partial charge in [0.15, 0.2) is 0 Å². The first-order valence-corrected chi connectivity index (χ1v) is 2.75. The van der Waals surface area contributed by atoms with Crippen molar-refractivity contribution >= 4 is 23.1 Å². The second-order valence-corrected chi connectivity index (χ2v) is 1.76. The zero-order valence-electron chi connectivity index (χ0n) is 5.45. The van der Waals surface area contributed by atoms with Crippen molar-refractivity contribution in [3.63, 3.8) is 0 Å². The van der Waals surface area contributed by atoms with Gasteiger partial charge in [0.25, 0.3) is 0 Å². The molecule has 0 aliphatic rings. The van der Waals surface area contributed by atoms with Crippen LogP contribution in [0.15, 0.2) is 30.8 Å². The molecule has 2 heteroatoms. The van der Waals surface area contributed by atoms with Gasteiger partial charge >= 0.3 is 0 Å². The molecule has 0 spiro atoms. The average Bonchev–Trinajstić information content (AvgIpc) is 1.89. The quantitative estimate of drug-likeness (QED) is 0.740. The Morgan fingerprint density at radius 1 is 1.30 bits per heavy atom. The van der Waals surface area contributed by atoms with Crippen LogP contribution in [0.1, 0.15) is 5.56 Å². The van der Waals surface area contributed by atoms with Gasteiger partial charge in [-0.2, -0.15) is 0 Å². The standard InChI is InChI=1S/C8H8O.BrH/c1-2-7-5-3-4-6-8(7)9;/h2-6,9H,1H2;1H. The zero-order chi connectivity index (χ0) is 6.69. The van der Waals surface area contributed by atoms with Gasteiger partial charge in [-0.15, -0.1) is 17.0 Å². The summed E-state index contributed by atoms with van der Waals surface area (Å²) in [5.74, 6) is 0.285. The summed E-state index contributed by atoms with van der Waals surface area (Å²) in [6.07, 6.45) is 1.62. The molecule has 0 saturated carbocycles. The highest BCUT2D eigenvalue weighted by Crippen LogP contribution is 2.15. The number of rotatable bonds is 1. The summed E-state index contributed by atoms with van der Waals surface area (Å²) < 4.78 is 0. The predicted octanol–water partition coefficient (Wildman–Crippen LogP) is 2.61. The first kappa shape index (κ1) is 9.24. The summed E-state index contributed by atoms with van der Waals surface area (Å²) >= 11 is 0. The van der Waals surface area contributed by atoms with Crippen molar-refractivity contribution in [1.82, 2.24) is 0 Å². The molecule has 54 valence electrons. The predicted molar refractivity (Wildman–Crippen MR) is 48.5 cm³/mol. The van der Waals surface area contributed by atoms with Gasteiger partial charge in [-0.1, -0.05) is 30.9 Å². The molecule has 0 bridgehead atoms. The van der Waals surface area contributed by atoms with Crippen molar-refractivity contribution in [3.8, 4) is 5.75 Å². The molecule has 0 unspecified atom stereocenters. The van der Waals surface area contributed by atoms with Crippen LogP contribution in [-0.2, 0) is 0 Å². The van der Waals surface area contributed by atoms with Crippen LogP contribution in [0.2, 0.25) is 0 Å². The van der Waals surface area contributed by atoms with E-state index in [0.29, 0.717) is 0 Å². The maximum Gasteiger partial charge on any atom is 0.122 e. The maximum atomic E-state index is 9.04. The molecule has 1 aromatic rings. The van der Waals surface area contributed by atoms with Gasteiger partial charge < -0.3 is 5.11 Å². The maximum absolute atomic E-state index is 9.04. The van der Waals surface area contributed by atoms with E-state index in [1.54, 1.807) is 18.2 Å². The molecule has 0 amide bonds. The monoisotopic (exact) mass is 200 g/mol. The summed E-state index contributed by atoms with van der Waals surface area (Å²) in [5.41, 5.74) is 0.775. The van der Waals surface area contributed by atoms with Crippen molar-refractivity contribution in [2.45, 2.75) is 0 Å². The third-order valence-electron chi connectivity index (χ3n) is 1.16. The molecule has 0 atom stereocenters. The fourth-order valence-electron chi connectivity index (χ4n) is 0.660. The van der Waals surface area contributed by atoms with Gasteiger partial charge in [-0.05, 0) is 6.07 Å². The molecule has 0 heterocycles.